The van der Waals surface area contributed by atoms with E-state index in [1.54, 1.807) is 6.07 Å². The Morgan fingerprint density at radius 1 is 1.29 bits per heavy atom. The zero-order chi connectivity index (χ0) is 12.8. The number of hydrogen-bond donors (Lipinski definition) is 2. The fourth-order valence-corrected chi connectivity index (χ4v) is 2.26. The van der Waals surface area contributed by atoms with Crippen LogP contribution < -0.4 is 15.2 Å². The highest BCUT2D eigenvalue weighted by Gasteiger charge is 2.17. The molecule has 17 heavy (non-hydrogen) atoms. The highest BCUT2D eigenvalue weighted by Crippen LogP contribution is 2.43. The van der Waals surface area contributed by atoms with Gasteiger partial charge in [0.25, 0.3) is 0 Å². The minimum atomic E-state index is 0.135. The summed E-state index contributed by atoms with van der Waals surface area (Å²) < 4.78 is 11.1. The summed E-state index contributed by atoms with van der Waals surface area (Å²) in [6.07, 6.45) is 2.61. The van der Waals surface area contributed by atoms with Crippen LogP contribution in [0, 0.1) is 0 Å². The number of nitrogens with two attached hydrogens (primary N) is 1. The number of unbranched alkanes of at least 4 members (excludes halogenated alkanes) is 1. The Kier molecular flexibility index (Phi) is 5.58. The van der Waals surface area contributed by atoms with Gasteiger partial charge in [-0.3, -0.25) is 0 Å². The van der Waals surface area contributed by atoms with Crippen LogP contribution in [-0.2, 0) is 6.42 Å². The van der Waals surface area contributed by atoms with Crippen molar-refractivity contribution < 1.29 is 14.6 Å². The summed E-state index contributed by atoms with van der Waals surface area (Å²) in [5.41, 5.74) is 6.28. The lowest BCUT2D eigenvalue weighted by atomic mass is 10.1. The van der Waals surface area contributed by atoms with Crippen LogP contribution in [0.5, 0.6) is 17.2 Å². The topological polar surface area (TPSA) is 64.7 Å². The van der Waals surface area contributed by atoms with Gasteiger partial charge in [-0.25, -0.2) is 0 Å². The van der Waals surface area contributed by atoms with Crippen molar-refractivity contribution in [3.63, 3.8) is 0 Å². The Balaban J connectivity index is 3.04. The van der Waals surface area contributed by atoms with Crippen molar-refractivity contribution in [1.82, 2.24) is 0 Å². The molecular weight excluding hydrogens is 286 g/mol. The molecule has 5 heteroatoms. The minimum Gasteiger partial charge on any atom is -0.504 e. The van der Waals surface area contributed by atoms with E-state index in [4.69, 9.17) is 15.2 Å². The summed E-state index contributed by atoms with van der Waals surface area (Å²) in [6.45, 7) is 0.658. The minimum absolute atomic E-state index is 0.135. The Bertz CT molecular complexity index is 383. The average molecular weight is 304 g/mol. The van der Waals surface area contributed by atoms with Gasteiger partial charge in [0.1, 0.15) is 0 Å². The summed E-state index contributed by atoms with van der Waals surface area (Å²) in [5, 5.41) is 10.1. The highest BCUT2D eigenvalue weighted by molar-refractivity contribution is 9.10. The lowest BCUT2D eigenvalue weighted by Gasteiger charge is -2.14. The maximum Gasteiger partial charge on any atom is 0.203 e. The first-order valence-corrected chi connectivity index (χ1v) is 6.27. The monoisotopic (exact) mass is 303 g/mol. The molecule has 0 aromatic heterocycles. The van der Waals surface area contributed by atoms with Crippen molar-refractivity contribution in [3.05, 3.63) is 16.1 Å². The summed E-state index contributed by atoms with van der Waals surface area (Å²) in [6, 6.07) is 1.80. The molecule has 0 saturated carbocycles. The second-order valence-corrected chi connectivity index (χ2v) is 4.52. The van der Waals surface area contributed by atoms with E-state index in [2.05, 4.69) is 15.9 Å². The molecule has 0 aliphatic carbocycles. The number of aromatic hydroxyl groups is 1. The lowest BCUT2D eigenvalue weighted by Crippen LogP contribution is -2.00. The van der Waals surface area contributed by atoms with Crippen molar-refractivity contribution in [2.24, 2.45) is 5.73 Å². The number of hydrogen-bond acceptors (Lipinski definition) is 4. The van der Waals surface area contributed by atoms with Gasteiger partial charge >= 0.3 is 0 Å². The highest BCUT2D eigenvalue weighted by atomic mass is 79.9. The Hall–Kier alpha value is -0.940. The van der Waals surface area contributed by atoms with Crippen molar-refractivity contribution in [3.8, 4) is 17.2 Å². The summed E-state index contributed by atoms with van der Waals surface area (Å²) >= 11 is 3.43. The summed E-state index contributed by atoms with van der Waals surface area (Å²) in [4.78, 5) is 0. The number of halogens is 1. The SMILES string of the molecule is COc1cc(Br)c(CCCCN)c(O)c1OC. The first-order chi connectivity index (χ1) is 8.15. The van der Waals surface area contributed by atoms with Crippen molar-refractivity contribution >= 4 is 15.9 Å². The molecule has 0 unspecified atom stereocenters. The van der Waals surface area contributed by atoms with E-state index in [1.807, 2.05) is 0 Å². The van der Waals surface area contributed by atoms with Crippen LogP contribution in [0.3, 0.4) is 0 Å². The summed E-state index contributed by atoms with van der Waals surface area (Å²) in [7, 11) is 3.05. The molecule has 1 rings (SSSR count). The quantitative estimate of drug-likeness (QED) is 0.792. The predicted octanol–water partition coefficient (Wildman–Crippen LogP) is 2.45. The van der Waals surface area contributed by atoms with Crippen LogP contribution in [0.4, 0.5) is 0 Å². The summed E-state index contributed by atoms with van der Waals surface area (Å²) in [5.74, 6) is 1.02. The molecule has 4 nitrogen and oxygen atoms in total. The van der Waals surface area contributed by atoms with Gasteiger partial charge in [0.15, 0.2) is 11.5 Å². The van der Waals surface area contributed by atoms with Gasteiger partial charge in [-0.15, -0.1) is 0 Å². The van der Waals surface area contributed by atoms with Crippen molar-refractivity contribution in [1.29, 1.82) is 0 Å². The molecule has 0 saturated heterocycles. The van der Waals surface area contributed by atoms with Crippen LogP contribution in [-0.4, -0.2) is 25.9 Å². The van der Waals surface area contributed by atoms with Crippen LogP contribution in [0.15, 0.2) is 10.5 Å². The van der Waals surface area contributed by atoms with Gasteiger partial charge in [0.2, 0.25) is 5.75 Å². The van der Waals surface area contributed by atoms with Crippen LogP contribution >= 0.6 is 15.9 Å². The number of methoxy groups -OCH3 is 2. The van der Waals surface area contributed by atoms with E-state index in [9.17, 15) is 5.11 Å². The second kappa shape index (κ2) is 6.71. The van der Waals surface area contributed by atoms with E-state index in [1.165, 1.54) is 14.2 Å². The molecule has 0 radical (unpaired) electrons. The molecule has 0 fully saturated rings. The fraction of sp³-hybridized carbons (Fsp3) is 0.500. The number of rotatable bonds is 6. The van der Waals surface area contributed by atoms with Crippen LogP contribution in [0.1, 0.15) is 18.4 Å². The molecule has 0 bridgehead atoms. The molecule has 1 aromatic rings. The van der Waals surface area contributed by atoms with Crippen LogP contribution in [0.25, 0.3) is 0 Å². The van der Waals surface area contributed by atoms with E-state index in [-0.39, 0.29) is 5.75 Å². The fourth-order valence-electron chi connectivity index (χ4n) is 1.67. The first-order valence-electron chi connectivity index (χ1n) is 5.48. The Labute approximate surface area is 110 Å². The molecule has 96 valence electrons. The molecule has 0 spiro atoms. The van der Waals surface area contributed by atoms with E-state index in [0.29, 0.717) is 18.0 Å². The molecular formula is C12H18BrNO3. The molecule has 0 heterocycles. The van der Waals surface area contributed by atoms with E-state index >= 15 is 0 Å². The third-order valence-corrected chi connectivity index (χ3v) is 3.28. The van der Waals surface area contributed by atoms with Crippen molar-refractivity contribution in [2.75, 3.05) is 20.8 Å². The number of benzene rings is 1. The van der Waals surface area contributed by atoms with Gasteiger partial charge in [-0.05, 0) is 31.9 Å². The molecule has 0 aliphatic rings. The lowest BCUT2D eigenvalue weighted by molar-refractivity contribution is 0.330. The standard InChI is InChI=1S/C12H18BrNO3/c1-16-10-7-9(13)8(5-3-4-6-14)11(15)12(10)17-2/h7,15H,3-6,14H2,1-2H3. The van der Waals surface area contributed by atoms with Gasteiger partial charge in [-0.1, -0.05) is 15.9 Å². The largest absolute Gasteiger partial charge is 0.504 e. The molecule has 0 aliphatic heterocycles. The Morgan fingerprint density at radius 3 is 2.53 bits per heavy atom. The zero-order valence-electron chi connectivity index (χ0n) is 10.1. The van der Waals surface area contributed by atoms with Crippen LogP contribution in [0.2, 0.25) is 0 Å². The molecule has 0 amide bonds. The third kappa shape index (κ3) is 3.26. The third-order valence-electron chi connectivity index (χ3n) is 2.58. The number of phenols is 1. The van der Waals surface area contributed by atoms with Gasteiger partial charge in [0.05, 0.1) is 14.2 Å². The first kappa shape index (κ1) is 14.1. The van der Waals surface area contributed by atoms with E-state index in [0.717, 1.165) is 29.3 Å². The smallest absolute Gasteiger partial charge is 0.203 e. The van der Waals surface area contributed by atoms with E-state index < -0.39 is 0 Å². The maximum absolute atomic E-state index is 10.1. The molecule has 1 aromatic carbocycles. The molecule has 3 N–H and O–H groups in total. The second-order valence-electron chi connectivity index (χ2n) is 3.67. The van der Waals surface area contributed by atoms with Crippen molar-refractivity contribution in [2.45, 2.75) is 19.3 Å². The number of phenolic OH excluding ortho intramolecular Hbond substituents is 1. The van der Waals surface area contributed by atoms with Gasteiger partial charge in [0, 0.05) is 10.0 Å². The average Bonchev–Trinajstić information content (AvgIpc) is 2.32. The number of ether oxygens (including phenoxy) is 2. The van der Waals surface area contributed by atoms with Gasteiger partial charge in [-0.2, -0.15) is 0 Å². The predicted molar refractivity (Wildman–Crippen MR) is 70.9 cm³/mol. The normalized spacial score (nSPS) is 10.4. The maximum atomic E-state index is 10.1. The Morgan fingerprint density at radius 2 is 2.00 bits per heavy atom. The zero-order valence-corrected chi connectivity index (χ0v) is 11.7. The van der Waals surface area contributed by atoms with Gasteiger partial charge < -0.3 is 20.3 Å². The molecule has 0 atom stereocenters.